The molecule has 2 fully saturated rings. The van der Waals surface area contributed by atoms with E-state index in [2.05, 4.69) is 0 Å². The molecule has 7 nitrogen and oxygen atoms in total. The highest BCUT2D eigenvalue weighted by molar-refractivity contribution is 7.79. The first-order chi connectivity index (χ1) is 18.9. The number of thiocarbonyl (C=S) groups is 1. The van der Waals surface area contributed by atoms with E-state index in [9.17, 15) is 4.79 Å². The van der Waals surface area contributed by atoms with Gasteiger partial charge in [-0.2, -0.15) is 0 Å². The van der Waals surface area contributed by atoms with Crippen molar-refractivity contribution in [2.75, 3.05) is 13.2 Å². The number of carbonyl (C=O) groups excluding carboxylic acids is 1. The Bertz CT molecular complexity index is 1300. The summed E-state index contributed by atoms with van der Waals surface area (Å²) in [6, 6.07) is 21.7. The molecule has 2 saturated heterocycles. The molecule has 2 aliphatic heterocycles. The molecule has 0 N–H and O–H groups in total. The number of benzene rings is 3. The van der Waals surface area contributed by atoms with Crippen LogP contribution in [0.15, 0.2) is 72.8 Å². The fraction of sp³-hybridized carbons (Fsp3) is 0.310. The molecule has 0 spiro atoms. The van der Waals surface area contributed by atoms with E-state index in [1.165, 1.54) is 6.07 Å². The van der Waals surface area contributed by atoms with Crippen molar-refractivity contribution in [1.29, 1.82) is 0 Å². The highest BCUT2D eigenvalue weighted by Crippen LogP contribution is 2.32. The van der Waals surface area contributed by atoms with E-state index in [4.69, 9.17) is 63.8 Å². The average molecular weight is 589 g/mol. The Morgan fingerprint density at radius 3 is 2.49 bits per heavy atom. The molecule has 2 heterocycles. The smallest absolute Gasteiger partial charge is 0.358 e. The molecule has 5 atom stereocenters. The Morgan fingerprint density at radius 1 is 0.974 bits per heavy atom. The van der Waals surface area contributed by atoms with Crippen LogP contribution in [-0.4, -0.2) is 55.1 Å². The fourth-order valence-corrected chi connectivity index (χ4v) is 5.04. The first-order valence-electron chi connectivity index (χ1n) is 12.4. The highest BCUT2D eigenvalue weighted by Gasteiger charge is 2.49. The van der Waals surface area contributed by atoms with Crippen molar-refractivity contribution >= 4 is 46.6 Å². The lowest BCUT2D eigenvalue weighted by Gasteiger charge is -2.45. The van der Waals surface area contributed by atoms with E-state index in [1.807, 2.05) is 49.4 Å². The third kappa shape index (κ3) is 7.08. The van der Waals surface area contributed by atoms with Crippen LogP contribution in [0.2, 0.25) is 10.0 Å². The van der Waals surface area contributed by atoms with Crippen molar-refractivity contribution in [3.63, 3.8) is 0 Å². The summed E-state index contributed by atoms with van der Waals surface area (Å²) in [6.45, 7) is 2.28. The molecule has 0 saturated carbocycles. The van der Waals surface area contributed by atoms with Crippen molar-refractivity contribution < 1.29 is 33.2 Å². The van der Waals surface area contributed by atoms with E-state index in [0.717, 1.165) is 11.1 Å². The van der Waals surface area contributed by atoms with Crippen LogP contribution in [0.4, 0.5) is 0 Å². The van der Waals surface area contributed by atoms with Gasteiger partial charge in [-0.1, -0.05) is 71.2 Å². The van der Waals surface area contributed by atoms with Crippen LogP contribution in [-0.2, 0) is 30.1 Å². The molecule has 4 unspecified atom stereocenters. The van der Waals surface area contributed by atoms with E-state index < -0.39 is 36.7 Å². The van der Waals surface area contributed by atoms with E-state index in [-0.39, 0.29) is 29.2 Å². The predicted octanol–water partition coefficient (Wildman–Crippen LogP) is 5.96. The number of hydrogen-bond acceptors (Lipinski definition) is 8. The van der Waals surface area contributed by atoms with Gasteiger partial charge in [0.05, 0.1) is 23.8 Å². The lowest BCUT2D eigenvalue weighted by Crippen LogP contribution is -2.61. The van der Waals surface area contributed by atoms with Gasteiger partial charge in [-0.3, -0.25) is 0 Å². The number of esters is 1. The van der Waals surface area contributed by atoms with Crippen LogP contribution in [0.5, 0.6) is 5.75 Å². The minimum absolute atomic E-state index is 0.0593. The minimum Gasteiger partial charge on any atom is -0.452 e. The molecule has 3 aromatic carbocycles. The zero-order chi connectivity index (χ0) is 27.4. The Hall–Kier alpha value is -2.72. The van der Waals surface area contributed by atoms with Crippen molar-refractivity contribution in [3.05, 3.63) is 99.5 Å². The first kappa shape index (κ1) is 27.8. The van der Waals surface area contributed by atoms with Crippen LogP contribution in [0.1, 0.15) is 21.5 Å². The van der Waals surface area contributed by atoms with Gasteiger partial charge in [0, 0.05) is 23.7 Å². The number of carbonyl (C=O) groups is 1. The van der Waals surface area contributed by atoms with Crippen molar-refractivity contribution in [2.45, 2.75) is 44.1 Å². The zero-order valence-corrected chi connectivity index (χ0v) is 23.3. The number of ether oxygens (including phenoxy) is 6. The summed E-state index contributed by atoms with van der Waals surface area (Å²) < 4.78 is 35.9. The summed E-state index contributed by atoms with van der Waals surface area (Å²) in [5.41, 5.74) is 2.48. The Labute approximate surface area is 241 Å². The third-order valence-corrected chi connectivity index (χ3v) is 7.11. The van der Waals surface area contributed by atoms with Gasteiger partial charge in [-0.25, -0.2) is 4.79 Å². The molecule has 10 heteroatoms. The topological polar surface area (TPSA) is 72.5 Å². The predicted molar refractivity (Wildman–Crippen MR) is 149 cm³/mol. The van der Waals surface area contributed by atoms with Crippen molar-refractivity contribution in [1.82, 2.24) is 0 Å². The van der Waals surface area contributed by atoms with Crippen molar-refractivity contribution in [3.8, 4) is 5.75 Å². The number of hydrogen-bond donors (Lipinski definition) is 0. The Morgan fingerprint density at radius 2 is 1.74 bits per heavy atom. The standard InChI is InChI=1S/C29H26Cl2O7S/c1-17-7-9-19(10-8-17)28(32)35-24-16-33-23-15-34-25(13-18-5-3-2-4-6-18)37-26(23)27(24)38-29(39)36-22-12-11-20(30)14-21(22)31/h2-12,14,23-27H,13,15-16H2,1H3/t23?,24?,25?,26-,27?/m1/s1. The quantitative estimate of drug-likeness (QED) is 0.258. The molecule has 0 radical (unpaired) electrons. The van der Waals surface area contributed by atoms with E-state index >= 15 is 0 Å². The lowest BCUT2D eigenvalue weighted by atomic mass is 9.98. The van der Waals surface area contributed by atoms with Crippen molar-refractivity contribution in [2.24, 2.45) is 0 Å². The van der Waals surface area contributed by atoms with Gasteiger partial charge in [0.2, 0.25) is 0 Å². The lowest BCUT2D eigenvalue weighted by molar-refractivity contribution is -0.307. The van der Waals surface area contributed by atoms with Gasteiger partial charge in [0.1, 0.15) is 12.2 Å². The summed E-state index contributed by atoms with van der Waals surface area (Å²) in [6.07, 6.45) is -2.82. The molecule has 0 bridgehead atoms. The molecule has 5 rings (SSSR count). The van der Waals surface area contributed by atoms with Gasteiger partial charge in [0.15, 0.2) is 24.2 Å². The van der Waals surface area contributed by atoms with Gasteiger partial charge in [0.25, 0.3) is 0 Å². The molecule has 0 amide bonds. The molecule has 0 aromatic heterocycles. The largest absolute Gasteiger partial charge is 0.452 e. The first-order valence-corrected chi connectivity index (χ1v) is 13.6. The normalized spacial score (nSPS) is 24.3. The maximum Gasteiger partial charge on any atom is 0.358 e. The molecule has 0 aliphatic carbocycles. The van der Waals surface area contributed by atoms with Gasteiger partial charge >= 0.3 is 11.2 Å². The van der Waals surface area contributed by atoms with Gasteiger partial charge < -0.3 is 28.4 Å². The summed E-state index contributed by atoms with van der Waals surface area (Å²) in [5, 5.41) is 0.511. The third-order valence-electron chi connectivity index (χ3n) is 6.40. The van der Waals surface area contributed by atoms with Crippen LogP contribution in [0, 0.1) is 6.92 Å². The number of halogens is 2. The summed E-state index contributed by atoms with van der Waals surface area (Å²) in [5.74, 6) is -0.242. The zero-order valence-electron chi connectivity index (χ0n) is 21.0. The molecule has 3 aromatic rings. The Kier molecular flexibility index (Phi) is 9.02. The van der Waals surface area contributed by atoms with Crippen LogP contribution in [0.3, 0.4) is 0 Å². The fourth-order valence-electron chi connectivity index (χ4n) is 4.39. The molecule has 204 valence electrons. The van der Waals surface area contributed by atoms with Gasteiger partial charge in [-0.05, 0) is 42.8 Å². The molecular weight excluding hydrogens is 563 g/mol. The molecule has 39 heavy (non-hydrogen) atoms. The Balaban J connectivity index is 1.35. The average Bonchev–Trinajstić information content (AvgIpc) is 2.92. The van der Waals surface area contributed by atoms with Crippen LogP contribution >= 0.6 is 35.4 Å². The number of fused-ring (bicyclic) bond motifs is 1. The molecule has 2 aliphatic rings. The second-order valence-electron chi connectivity index (χ2n) is 9.24. The summed E-state index contributed by atoms with van der Waals surface area (Å²) in [7, 11) is 0. The van der Waals surface area contributed by atoms with E-state index in [0.29, 0.717) is 17.0 Å². The second-order valence-corrected chi connectivity index (χ2v) is 10.4. The summed E-state index contributed by atoms with van der Waals surface area (Å²) >= 11 is 17.6. The number of rotatable bonds is 6. The monoisotopic (exact) mass is 588 g/mol. The number of aryl methyl sites for hydroxylation is 1. The maximum absolute atomic E-state index is 13.0. The SMILES string of the molecule is Cc1ccc(C(=O)OC2COC3COC(Cc4ccccc4)O[C@H]3C2OC(=S)Oc2ccc(Cl)cc2Cl)cc1. The molecular formula is C29H26Cl2O7S. The van der Waals surface area contributed by atoms with E-state index in [1.54, 1.807) is 24.3 Å². The van der Waals surface area contributed by atoms with Gasteiger partial charge in [-0.15, -0.1) is 0 Å². The van der Waals surface area contributed by atoms with Crippen LogP contribution < -0.4 is 4.74 Å². The summed E-state index contributed by atoms with van der Waals surface area (Å²) in [4.78, 5) is 13.0. The second kappa shape index (κ2) is 12.6. The minimum atomic E-state index is -0.835. The highest BCUT2D eigenvalue weighted by atomic mass is 35.5. The van der Waals surface area contributed by atoms with Crippen LogP contribution in [0.25, 0.3) is 0 Å². The maximum atomic E-state index is 13.0.